The van der Waals surface area contributed by atoms with Crippen LogP contribution >= 0.6 is 0 Å². The number of nitrogens with zero attached hydrogens (tertiary/aromatic N) is 4. The third kappa shape index (κ3) is 10.1. The fraction of sp³-hybridized carbons (Fsp3) is 0. The number of sulfonamides is 2. The first-order valence-corrected chi connectivity index (χ1v) is 28.5. The highest BCUT2D eigenvalue weighted by atomic mass is 32.2. The first kappa shape index (κ1) is 51.3. The van der Waals surface area contributed by atoms with E-state index in [0.717, 1.165) is 0 Å². The van der Waals surface area contributed by atoms with E-state index in [1.54, 1.807) is 109 Å². The van der Waals surface area contributed by atoms with Gasteiger partial charge in [0.05, 0.1) is 26.6 Å². The molecular weight excluding hydrogens is 1100 g/mol. The van der Waals surface area contributed by atoms with Crippen LogP contribution in [0.4, 0.5) is 11.4 Å². The van der Waals surface area contributed by atoms with E-state index < -0.39 is 30.2 Å². The number of fused-ring (bicyclic) bond motifs is 6. The van der Waals surface area contributed by atoms with Crippen molar-refractivity contribution in [1.82, 2.24) is 34.9 Å². The largest absolute Gasteiger partial charge is 0.494 e. The molecule has 0 fully saturated rings. The van der Waals surface area contributed by atoms with Crippen LogP contribution in [0.3, 0.4) is 0 Å². The number of nitrogens with one attached hydrogen (secondary N) is 5. The van der Waals surface area contributed by atoms with Gasteiger partial charge in [-0.25, -0.2) is 31.8 Å². The van der Waals surface area contributed by atoms with E-state index >= 15 is 0 Å². The second kappa shape index (κ2) is 20.1. The minimum absolute atomic E-state index is 0.0326. The normalized spacial score (nSPS) is 12.0. The number of H-pyrrole nitrogens is 3. The molecule has 7 aromatic heterocycles. The van der Waals surface area contributed by atoms with Crippen molar-refractivity contribution < 1.29 is 58.4 Å². The number of hydrogen-bond donors (Lipinski definition) is 9. The number of benzene rings is 7. The number of para-hydroxylation sites is 7. The van der Waals surface area contributed by atoms with Gasteiger partial charge in [-0.2, -0.15) is 8.42 Å². The molecule has 81 heavy (non-hydrogen) atoms. The fourth-order valence-electron chi connectivity index (χ4n) is 8.91. The van der Waals surface area contributed by atoms with Gasteiger partial charge in [0.2, 0.25) is 35.3 Å². The second-order valence-corrected chi connectivity index (χ2v) is 22.7. The number of aromatic hydroxyl groups is 3. The van der Waals surface area contributed by atoms with Gasteiger partial charge >= 0.3 is 0 Å². The maximum absolute atomic E-state index is 12.8. The summed E-state index contributed by atoms with van der Waals surface area (Å²) < 4.78 is 105. The highest BCUT2D eigenvalue weighted by Gasteiger charge is 2.25. The zero-order valence-electron chi connectivity index (χ0n) is 41.3. The Balaban J connectivity index is 0.000000122. The quantitative estimate of drug-likeness (QED) is 0.0574. The molecule has 0 bridgehead atoms. The summed E-state index contributed by atoms with van der Waals surface area (Å²) >= 11 is 0. The first-order chi connectivity index (χ1) is 39.0. The summed E-state index contributed by atoms with van der Waals surface area (Å²) in [6.07, 6.45) is 2.97. The number of aromatic nitrogens is 7. The summed E-state index contributed by atoms with van der Waals surface area (Å²) in [4.78, 5) is 25.2. The van der Waals surface area contributed by atoms with E-state index in [1.165, 1.54) is 48.7 Å². The minimum atomic E-state index is -4.36. The van der Waals surface area contributed by atoms with Crippen molar-refractivity contribution in [3.63, 3.8) is 0 Å². The van der Waals surface area contributed by atoms with Crippen LogP contribution in [-0.4, -0.2) is 80.0 Å². The van der Waals surface area contributed by atoms with Crippen molar-refractivity contribution in [3.8, 4) is 52.0 Å². The number of anilines is 2. The predicted octanol–water partition coefficient (Wildman–Crippen LogP) is 11.3. The maximum Gasteiger partial charge on any atom is 0.294 e. The average molecular weight is 1140 g/mol. The maximum atomic E-state index is 12.8. The molecule has 0 aliphatic heterocycles. The SMILES string of the molecule is O=S(=O)(Nc1ccccc1)c1ccc2[nH]c(O)c(-c3nc4ccccc4o3)c2c1.O=S(=O)(Nc1cccnc1)c1ccc2[nH]c(O)c(-c3nc4ccccc4o3)c2c1.O=S(=O)(O)c1ccc2[nH]c(O)c(-c3nc4ccccc4o3)c2c1. The first-order valence-electron chi connectivity index (χ1n) is 24.1. The molecule has 0 saturated heterocycles. The molecule has 0 amide bonds. The highest BCUT2D eigenvalue weighted by Crippen LogP contribution is 2.41. The lowest BCUT2D eigenvalue weighted by Gasteiger charge is -2.08. The topological polar surface area (TPSA) is 346 Å². The Morgan fingerprint density at radius 2 is 0.765 bits per heavy atom. The van der Waals surface area contributed by atoms with Gasteiger partial charge in [0, 0.05) is 44.6 Å². The van der Waals surface area contributed by atoms with Crippen molar-refractivity contribution in [3.05, 3.63) is 182 Å². The third-order valence-corrected chi connectivity index (χ3v) is 16.2. The van der Waals surface area contributed by atoms with E-state index in [0.29, 0.717) is 88.5 Å². The minimum Gasteiger partial charge on any atom is -0.494 e. The summed E-state index contributed by atoms with van der Waals surface area (Å²) in [5.74, 6) is 0.0742. The molecule has 25 heteroatoms. The number of oxazole rings is 3. The molecular formula is C56H39N9O13S3. The number of hydrogen-bond acceptors (Lipinski definition) is 16. The van der Waals surface area contributed by atoms with Gasteiger partial charge < -0.3 is 43.5 Å². The summed E-state index contributed by atoms with van der Waals surface area (Å²) in [6.45, 7) is 0. The van der Waals surface area contributed by atoms with Gasteiger partial charge in [0.25, 0.3) is 30.2 Å². The molecule has 14 rings (SSSR count). The summed E-state index contributed by atoms with van der Waals surface area (Å²) in [5.41, 5.74) is 6.86. The average Bonchev–Trinajstić information content (AvgIpc) is 4.51. The van der Waals surface area contributed by atoms with Crippen LogP contribution in [0.25, 0.3) is 100 Å². The number of aromatic amines is 3. The van der Waals surface area contributed by atoms with Crippen LogP contribution in [0.15, 0.2) is 210 Å². The molecule has 404 valence electrons. The summed E-state index contributed by atoms with van der Waals surface area (Å²) in [6, 6.07) is 46.4. The van der Waals surface area contributed by atoms with Gasteiger partial charge in [-0.05, 0) is 115 Å². The Hall–Kier alpha value is -10.5. The van der Waals surface area contributed by atoms with Crippen LogP contribution in [0.5, 0.6) is 17.6 Å². The van der Waals surface area contributed by atoms with Crippen LogP contribution in [0.1, 0.15) is 0 Å². The van der Waals surface area contributed by atoms with E-state index in [1.807, 2.05) is 24.3 Å². The predicted molar refractivity (Wildman–Crippen MR) is 301 cm³/mol. The number of pyridine rings is 1. The Morgan fingerprint density at radius 1 is 0.407 bits per heavy atom. The fourth-order valence-corrected chi connectivity index (χ4v) is 11.6. The molecule has 7 aromatic carbocycles. The zero-order chi connectivity index (χ0) is 56.2. The van der Waals surface area contributed by atoms with Crippen LogP contribution < -0.4 is 9.44 Å². The van der Waals surface area contributed by atoms with E-state index in [2.05, 4.69) is 44.3 Å². The molecule has 9 N–H and O–H groups in total. The second-order valence-electron chi connectivity index (χ2n) is 17.9. The molecule has 0 radical (unpaired) electrons. The lowest BCUT2D eigenvalue weighted by atomic mass is 10.1. The standard InChI is InChI=1S/C21H15N3O4S.C20H14N4O4S.C15H10N2O5S/c25-20-19(21-23-17-8-4-5-9-18(17)28-21)15-12-14(10-11-16(15)22-20)29(26,27)24-13-6-2-1-3-7-13;25-19-18(20-23-16-5-1-2-6-17(16)28-20)14-10-13(7-8-15(14)22-19)29(26,27)24-12-4-3-9-21-11-12;18-14-13(15-17-11-3-1-2-4-12(11)22-15)9-7-8(23(19,20)21)5-6-10(9)16-14/h1-12,22,24-25H;1-11,22,24-25H;1-7,16,18H,(H,19,20,21). The molecule has 0 aliphatic carbocycles. The van der Waals surface area contributed by atoms with Crippen molar-refractivity contribution in [2.45, 2.75) is 14.7 Å². The molecule has 0 unspecified atom stereocenters. The van der Waals surface area contributed by atoms with Crippen molar-refractivity contribution in [1.29, 1.82) is 0 Å². The molecule has 0 aliphatic rings. The van der Waals surface area contributed by atoms with Crippen molar-refractivity contribution in [2.75, 3.05) is 9.44 Å². The third-order valence-electron chi connectivity index (χ3n) is 12.6. The lowest BCUT2D eigenvalue weighted by Crippen LogP contribution is -2.12. The molecule has 7 heterocycles. The smallest absolute Gasteiger partial charge is 0.294 e. The molecule has 0 atom stereocenters. The van der Waals surface area contributed by atoms with Crippen LogP contribution in [-0.2, 0) is 30.2 Å². The van der Waals surface area contributed by atoms with Gasteiger partial charge in [-0.15, -0.1) is 0 Å². The molecule has 0 spiro atoms. The van der Waals surface area contributed by atoms with Gasteiger partial charge in [-0.3, -0.25) is 19.0 Å². The summed E-state index contributed by atoms with van der Waals surface area (Å²) in [5, 5.41) is 32.3. The van der Waals surface area contributed by atoms with Gasteiger partial charge in [0.1, 0.15) is 33.2 Å². The Bertz CT molecular complexity index is 4750. The van der Waals surface area contributed by atoms with Crippen LogP contribution in [0.2, 0.25) is 0 Å². The van der Waals surface area contributed by atoms with E-state index in [9.17, 15) is 45.1 Å². The van der Waals surface area contributed by atoms with E-state index in [-0.39, 0.29) is 55.6 Å². The molecule has 0 saturated carbocycles. The highest BCUT2D eigenvalue weighted by molar-refractivity contribution is 7.93. The summed E-state index contributed by atoms with van der Waals surface area (Å²) in [7, 11) is -12.0. The van der Waals surface area contributed by atoms with Gasteiger partial charge in [0.15, 0.2) is 16.7 Å². The number of rotatable bonds is 10. The van der Waals surface area contributed by atoms with Gasteiger partial charge in [-0.1, -0.05) is 54.6 Å². The van der Waals surface area contributed by atoms with Crippen LogP contribution in [0, 0.1) is 0 Å². The Labute approximate surface area is 456 Å². The Kier molecular flexibility index (Phi) is 12.7. The zero-order valence-corrected chi connectivity index (χ0v) is 43.7. The lowest BCUT2D eigenvalue weighted by molar-refractivity contribution is 0.457. The monoisotopic (exact) mass is 1140 g/mol. The van der Waals surface area contributed by atoms with E-state index in [4.69, 9.17) is 13.3 Å². The molecule has 22 nitrogen and oxygen atoms in total. The Morgan fingerprint density at radius 3 is 1.15 bits per heavy atom. The molecule has 14 aromatic rings. The van der Waals surface area contributed by atoms with Crippen molar-refractivity contribution >= 4 is 108 Å². The van der Waals surface area contributed by atoms with Crippen molar-refractivity contribution in [2.24, 2.45) is 0 Å².